The van der Waals surface area contributed by atoms with Crippen LogP contribution in [0.3, 0.4) is 0 Å². The third kappa shape index (κ3) is 15.3. The molecule has 0 saturated heterocycles. The zero-order valence-corrected chi connectivity index (χ0v) is 34.8. The summed E-state index contributed by atoms with van der Waals surface area (Å²) in [6.07, 6.45) is 7.57. The molecule has 0 aliphatic rings. The predicted molar refractivity (Wildman–Crippen MR) is 219 cm³/mol. The van der Waals surface area contributed by atoms with Crippen LogP contribution < -0.4 is 9.47 Å². The SMILES string of the molecule is C=C(C)C(=O)OCC(O)COc1cc(CC(C)CCC)ccc1-c1ccc(CC(C(CC)CCCC)C(C)(C)CC)cc1OCC(O)COC(=O)C(=C)C. The lowest BCUT2D eigenvalue weighted by Crippen LogP contribution is -2.32. The minimum absolute atomic E-state index is 0.102. The van der Waals surface area contributed by atoms with E-state index in [0.717, 1.165) is 60.8 Å². The molecule has 0 heterocycles. The molecule has 0 fully saturated rings. The van der Waals surface area contributed by atoms with Gasteiger partial charge < -0.3 is 29.2 Å². The highest BCUT2D eigenvalue weighted by molar-refractivity contribution is 5.87. The summed E-state index contributed by atoms with van der Waals surface area (Å²) in [5.74, 6) is 1.50. The van der Waals surface area contributed by atoms with Crippen molar-refractivity contribution in [1.82, 2.24) is 0 Å². The number of hydrogen-bond donors (Lipinski definition) is 2. The van der Waals surface area contributed by atoms with Crippen molar-refractivity contribution in [3.05, 3.63) is 71.8 Å². The van der Waals surface area contributed by atoms with Gasteiger partial charge in [0.15, 0.2) is 0 Å². The Morgan fingerprint density at radius 2 is 1.20 bits per heavy atom. The second-order valence-corrected chi connectivity index (χ2v) is 15.9. The Hall–Kier alpha value is -3.62. The van der Waals surface area contributed by atoms with E-state index in [0.29, 0.717) is 29.3 Å². The van der Waals surface area contributed by atoms with E-state index in [1.165, 1.54) is 19.3 Å². The fourth-order valence-electron chi connectivity index (χ4n) is 6.88. The molecule has 302 valence electrons. The molecule has 8 heteroatoms. The molecule has 0 aliphatic heterocycles. The lowest BCUT2D eigenvalue weighted by atomic mass is 9.66. The van der Waals surface area contributed by atoms with Gasteiger partial charge in [0.05, 0.1) is 0 Å². The van der Waals surface area contributed by atoms with Crippen molar-refractivity contribution in [2.75, 3.05) is 26.4 Å². The Bertz CT molecular complexity index is 1490. The number of carbonyl (C=O) groups is 2. The van der Waals surface area contributed by atoms with Gasteiger partial charge in [-0.3, -0.25) is 0 Å². The number of aliphatic hydroxyl groups excluding tert-OH is 2. The molecule has 2 rings (SSSR count). The largest absolute Gasteiger partial charge is 0.490 e. The smallest absolute Gasteiger partial charge is 0.333 e. The van der Waals surface area contributed by atoms with Crippen molar-refractivity contribution in [2.24, 2.45) is 23.2 Å². The Morgan fingerprint density at radius 1 is 0.722 bits per heavy atom. The normalized spacial score (nSPS) is 14.4. The average molecular weight is 751 g/mol. The van der Waals surface area contributed by atoms with Gasteiger partial charge in [0, 0.05) is 22.3 Å². The molecule has 0 saturated carbocycles. The van der Waals surface area contributed by atoms with Gasteiger partial charge in [-0.25, -0.2) is 9.59 Å². The number of benzene rings is 2. The van der Waals surface area contributed by atoms with Gasteiger partial charge in [0.25, 0.3) is 0 Å². The molecule has 0 spiro atoms. The minimum Gasteiger partial charge on any atom is -0.490 e. The van der Waals surface area contributed by atoms with Gasteiger partial charge in [0.2, 0.25) is 0 Å². The van der Waals surface area contributed by atoms with Crippen molar-refractivity contribution < 1.29 is 38.7 Å². The molecule has 2 N–H and O–H groups in total. The molecule has 0 amide bonds. The Kier molecular flexibility index (Phi) is 20.1. The first-order valence-corrected chi connectivity index (χ1v) is 20.1. The summed E-state index contributed by atoms with van der Waals surface area (Å²) in [5.41, 5.74) is 4.41. The molecule has 54 heavy (non-hydrogen) atoms. The van der Waals surface area contributed by atoms with Crippen LogP contribution in [0, 0.1) is 23.2 Å². The standard InChI is InChI=1S/C46H70O8/c1-12-16-18-36(14-3)41(46(10,11)15-4)24-35-20-22-40(43(26-35)52-28-38(48)30-54-45(50)32(7)8)39-21-19-34(23-33(9)17-13-2)25-42(39)51-27-37(47)29-53-44(49)31(5)6/h19-22,25-26,33,36-38,41,47-48H,5,7,12-18,23-24,27-30H2,1-4,6,8-11H3. The summed E-state index contributed by atoms with van der Waals surface area (Å²) < 4.78 is 23.1. The number of unbranched alkanes of at least 4 members (excludes halogenated alkanes) is 1. The Balaban J connectivity index is 2.62. The van der Waals surface area contributed by atoms with Gasteiger partial charge in [0.1, 0.15) is 50.1 Å². The quantitative estimate of drug-likeness (QED) is 0.0722. The van der Waals surface area contributed by atoms with Crippen LogP contribution in [-0.4, -0.2) is 60.8 Å². The zero-order chi connectivity index (χ0) is 40.4. The summed E-state index contributed by atoms with van der Waals surface area (Å²) in [5, 5.41) is 21.5. The molecule has 5 atom stereocenters. The zero-order valence-electron chi connectivity index (χ0n) is 34.8. The van der Waals surface area contributed by atoms with E-state index in [9.17, 15) is 19.8 Å². The fraction of sp³-hybridized carbons (Fsp3) is 0.609. The van der Waals surface area contributed by atoms with E-state index in [1.54, 1.807) is 13.8 Å². The van der Waals surface area contributed by atoms with Crippen LogP contribution in [0.4, 0.5) is 0 Å². The van der Waals surface area contributed by atoms with Crippen molar-refractivity contribution >= 4 is 11.9 Å². The van der Waals surface area contributed by atoms with E-state index >= 15 is 0 Å². The maximum atomic E-state index is 12.0. The summed E-state index contributed by atoms with van der Waals surface area (Å²) in [7, 11) is 0. The molecule has 8 nitrogen and oxygen atoms in total. The summed E-state index contributed by atoms with van der Waals surface area (Å²) in [6, 6.07) is 12.4. The van der Waals surface area contributed by atoms with Crippen LogP contribution in [-0.2, 0) is 31.9 Å². The third-order valence-corrected chi connectivity index (χ3v) is 10.5. The Labute approximate surface area is 326 Å². The maximum absolute atomic E-state index is 12.0. The minimum atomic E-state index is -1.06. The second-order valence-electron chi connectivity index (χ2n) is 15.9. The number of ether oxygens (including phenoxy) is 4. The van der Waals surface area contributed by atoms with Crippen LogP contribution in [0.25, 0.3) is 11.1 Å². The molecule has 5 unspecified atom stereocenters. The van der Waals surface area contributed by atoms with Crippen LogP contribution in [0.15, 0.2) is 60.7 Å². The first-order chi connectivity index (χ1) is 25.6. The first kappa shape index (κ1) is 46.5. The van der Waals surface area contributed by atoms with Gasteiger partial charge in [-0.15, -0.1) is 0 Å². The molecule has 0 aromatic heterocycles. The van der Waals surface area contributed by atoms with Gasteiger partial charge in [-0.05, 0) is 73.1 Å². The first-order valence-electron chi connectivity index (χ1n) is 20.1. The third-order valence-electron chi connectivity index (χ3n) is 10.5. The lowest BCUT2D eigenvalue weighted by Gasteiger charge is -2.39. The Morgan fingerprint density at radius 3 is 1.61 bits per heavy atom. The topological polar surface area (TPSA) is 112 Å². The van der Waals surface area contributed by atoms with Crippen molar-refractivity contribution in [1.29, 1.82) is 0 Å². The summed E-state index contributed by atoms with van der Waals surface area (Å²) >= 11 is 0. The summed E-state index contributed by atoms with van der Waals surface area (Å²) in [4.78, 5) is 24.0. The van der Waals surface area contributed by atoms with E-state index in [2.05, 4.69) is 79.8 Å². The van der Waals surface area contributed by atoms with E-state index in [4.69, 9.17) is 18.9 Å². The highest BCUT2D eigenvalue weighted by Crippen LogP contribution is 2.43. The van der Waals surface area contributed by atoms with Gasteiger partial charge in [-0.1, -0.05) is 131 Å². The van der Waals surface area contributed by atoms with Crippen LogP contribution in [0.2, 0.25) is 0 Å². The van der Waals surface area contributed by atoms with E-state index in [1.807, 2.05) is 18.2 Å². The lowest BCUT2D eigenvalue weighted by molar-refractivity contribution is -0.143. The molecular formula is C46H70O8. The number of hydrogen-bond acceptors (Lipinski definition) is 8. The van der Waals surface area contributed by atoms with E-state index < -0.39 is 24.1 Å². The van der Waals surface area contributed by atoms with Crippen molar-refractivity contribution in [2.45, 2.75) is 132 Å². The van der Waals surface area contributed by atoms with Crippen LogP contribution in [0.5, 0.6) is 11.5 Å². The molecule has 0 radical (unpaired) electrons. The maximum Gasteiger partial charge on any atom is 0.333 e. The van der Waals surface area contributed by atoms with Crippen LogP contribution in [0.1, 0.15) is 118 Å². The van der Waals surface area contributed by atoms with Gasteiger partial charge in [-0.2, -0.15) is 0 Å². The average Bonchev–Trinajstić information content (AvgIpc) is 3.14. The predicted octanol–water partition coefficient (Wildman–Crippen LogP) is 9.86. The number of esters is 2. The molecule has 0 aliphatic carbocycles. The number of rotatable bonds is 26. The van der Waals surface area contributed by atoms with Gasteiger partial charge >= 0.3 is 11.9 Å². The van der Waals surface area contributed by atoms with Crippen LogP contribution >= 0.6 is 0 Å². The highest BCUT2D eigenvalue weighted by atomic mass is 16.6. The molecular weight excluding hydrogens is 680 g/mol. The monoisotopic (exact) mass is 751 g/mol. The van der Waals surface area contributed by atoms with E-state index in [-0.39, 0.29) is 43.0 Å². The fourth-order valence-corrected chi connectivity index (χ4v) is 6.88. The molecule has 2 aromatic carbocycles. The molecule has 0 bridgehead atoms. The van der Waals surface area contributed by atoms with Crippen molar-refractivity contribution in [3.8, 4) is 22.6 Å². The molecule has 2 aromatic rings. The number of aliphatic hydroxyl groups is 2. The second kappa shape index (κ2) is 23.3. The highest BCUT2D eigenvalue weighted by Gasteiger charge is 2.33. The number of carbonyl (C=O) groups excluding carboxylic acids is 2. The summed E-state index contributed by atoms with van der Waals surface area (Å²) in [6.45, 7) is 25.7. The van der Waals surface area contributed by atoms with Crippen molar-refractivity contribution in [3.63, 3.8) is 0 Å².